The first kappa shape index (κ1) is 16.1. The number of halogens is 1. The maximum Gasteiger partial charge on any atom is 0.135 e. The third-order valence-corrected chi connectivity index (χ3v) is 3.96. The molecule has 0 unspecified atom stereocenters. The Morgan fingerprint density at radius 1 is 1.21 bits per heavy atom. The molecule has 0 spiro atoms. The van der Waals surface area contributed by atoms with Crippen LogP contribution in [0.5, 0.6) is 5.75 Å². The standard InChI is InChI=1S/C19H16ClN3O/c1-24-16-5-6-17-15(10-16)11-18(20)23-19(17)22-8-7-13-3-2-4-14(9-13)12-21/h2-6,9-11H,7-8H2,1H3,(H,22,23). The molecule has 0 saturated carbocycles. The number of rotatable bonds is 5. The smallest absolute Gasteiger partial charge is 0.135 e. The number of anilines is 1. The minimum atomic E-state index is 0.435. The number of nitrogens with zero attached hydrogens (tertiary/aromatic N) is 2. The number of benzene rings is 2. The molecule has 0 aliphatic heterocycles. The van der Waals surface area contributed by atoms with Crippen LogP contribution in [0.15, 0.2) is 48.5 Å². The molecule has 120 valence electrons. The highest BCUT2D eigenvalue weighted by Crippen LogP contribution is 2.28. The molecule has 0 amide bonds. The molecule has 0 aliphatic carbocycles. The highest BCUT2D eigenvalue weighted by atomic mass is 35.5. The van der Waals surface area contributed by atoms with Crippen molar-refractivity contribution in [1.29, 1.82) is 5.26 Å². The van der Waals surface area contributed by atoms with Gasteiger partial charge in [-0.05, 0) is 53.8 Å². The number of nitrogens with one attached hydrogen (secondary N) is 1. The summed E-state index contributed by atoms with van der Waals surface area (Å²) >= 11 is 6.13. The first-order valence-corrected chi connectivity index (χ1v) is 7.94. The second-order valence-electron chi connectivity index (χ2n) is 5.37. The molecule has 1 heterocycles. The van der Waals surface area contributed by atoms with E-state index < -0.39 is 0 Å². The number of nitriles is 1. The van der Waals surface area contributed by atoms with Gasteiger partial charge >= 0.3 is 0 Å². The van der Waals surface area contributed by atoms with Gasteiger partial charge in [0.25, 0.3) is 0 Å². The zero-order valence-corrected chi connectivity index (χ0v) is 14.0. The lowest BCUT2D eigenvalue weighted by atomic mass is 10.1. The van der Waals surface area contributed by atoms with E-state index in [2.05, 4.69) is 16.4 Å². The van der Waals surface area contributed by atoms with E-state index >= 15 is 0 Å². The lowest BCUT2D eigenvalue weighted by Crippen LogP contribution is -2.07. The molecule has 0 bridgehead atoms. The molecule has 24 heavy (non-hydrogen) atoms. The van der Waals surface area contributed by atoms with Gasteiger partial charge in [0.15, 0.2) is 0 Å². The van der Waals surface area contributed by atoms with E-state index in [9.17, 15) is 0 Å². The Morgan fingerprint density at radius 3 is 2.88 bits per heavy atom. The number of methoxy groups -OCH3 is 1. The van der Waals surface area contributed by atoms with E-state index in [1.165, 1.54) is 0 Å². The number of fused-ring (bicyclic) bond motifs is 1. The van der Waals surface area contributed by atoms with Crippen molar-refractivity contribution in [1.82, 2.24) is 4.98 Å². The van der Waals surface area contributed by atoms with Gasteiger partial charge in [0, 0.05) is 11.9 Å². The summed E-state index contributed by atoms with van der Waals surface area (Å²) in [5.74, 6) is 1.53. The second-order valence-corrected chi connectivity index (χ2v) is 5.76. The predicted molar refractivity (Wildman–Crippen MR) is 96.7 cm³/mol. The lowest BCUT2D eigenvalue weighted by Gasteiger charge is -2.11. The zero-order valence-electron chi connectivity index (χ0n) is 13.2. The van der Waals surface area contributed by atoms with Crippen molar-refractivity contribution in [3.05, 3.63) is 64.8 Å². The summed E-state index contributed by atoms with van der Waals surface area (Å²) in [6.45, 7) is 0.698. The summed E-state index contributed by atoms with van der Waals surface area (Å²) < 4.78 is 5.25. The lowest BCUT2D eigenvalue weighted by molar-refractivity contribution is 0.415. The van der Waals surface area contributed by atoms with Crippen LogP contribution in [0.3, 0.4) is 0 Å². The maximum atomic E-state index is 8.96. The molecule has 0 radical (unpaired) electrons. The van der Waals surface area contributed by atoms with Crippen molar-refractivity contribution in [2.75, 3.05) is 19.0 Å². The third kappa shape index (κ3) is 3.58. The fourth-order valence-corrected chi connectivity index (χ4v) is 2.79. The summed E-state index contributed by atoms with van der Waals surface area (Å²) in [5.41, 5.74) is 1.78. The van der Waals surface area contributed by atoms with Gasteiger partial charge in [-0.15, -0.1) is 0 Å². The van der Waals surface area contributed by atoms with Gasteiger partial charge in [-0.3, -0.25) is 0 Å². The van der Waals surface area contributed by atoms with Crippen molar-refractivity contribution in [2.45, 2.75) is 6.42 Å². The molecule has 1 N–H and O–H groups in total. The molecule has 2 aromatic carbocycles. The molecule has 3 rings (SSSR count). The van der Waals surface area contributed by atoms with Crippen LogP contribution < -0.4 is 10.1 Å². The first-order chi connectivity index (χ1) is 11.7. The SMILES string of the molecule is COc1ccc2c(NCCc3cccc(C#N)c3)nc(Cl)cc2c1. The summed E-state index contributed by atoms with van der Waals surface area (Å²) in [4.78, 5) is 4.38. The Labute approximate surface area is 145 Å². The van der Waals surface area contributed by atoms with E-state index in [-0.39, 0.29) is 0 Å². The molecule has 5 heteroatoms. The minimum absolute atomic E-state index is 0.435. The van der Waals surface area contributed by atoms with Gasteiger partial charge in [0.05, 0.1) is 18.7 Å². The van der Waals surface area contributed by atoms with E-state index in [0.29, 0.717) is 17.3 Å². The molecule has 0 atom stereocenters. The van der Waals surface area contributed by atoms with E-state index in [4.69, 9.17) is 21.6 Å². The van der Waals surface area contributed by atoms with Crippen LogP contribution in [-0.4, -0.2) is 18.6 Å². The molecular weight excluding hydrogens is 322 g/mol. The van der Waals surface area contributed by atoms with Gasteiger partial charge in [-0.2, -0.15) is 5.26 Å². The summed E-state index contributed by atoms with van der Waals surface area (Å²) in [6, 6.07) is 17.4. The highest BCUT2D eigenvalue weighted by Gasteiger charge is 2.06. The van der Waals surface area contributed by atoms with Crippen LogP contribution in [0, 0.1) is 11.3 Å². The van der Waals surface area contributed by atoms with Gasteiger partial charge in [-0.25, -0.2) is 4.98 Å². The largest absolute Gasteiger partial charge is 0.497 e. The Morgan fingerprint density at radius 2 is 2.08 bits per heavy atom. The fourth-order valence-electron chi connectivity index (χ4n) is 2.59. The first-order valence-electron chi connectivity index (χ1n) is 7.57. The van der Waals surface area contributed by atoms with Gasteiger partial charge in [0.1, 0.15) is 16.7 Å². The number of ether oxygens (including phenoxy) is 1. The maximum absolute atomic E-state index is 8.96. The molecule has 1 aromatic heterocycles. The van der Waals surface area contributed by atoms with Crippen molar-refractivity contribution < 1.29 is 4.74 Å². The van der Waals surface area contributed by atoms with Crippen LogP contribution in [0.4, 0.5) is 5.82 Å². The Bertz CT molecular complexity index is 918. The highest BCUT2D eigenvalue weighted by molar-refractivity contribution is 6.30. The number of hydrogen-bond acceptors (Lipinski definition) is 4. The minimum Gasteiger partial charge on any atom is -0.497 e. The van der Waals surface area contributed by atoms with E-state index in [1.54, 1.807) is 13.2 Å². The fraction of sp³-hybridized carbons (Fsp3) is 0.158. The second kappa shape index (κ2) is 7.20. The molecule has 3 aromatic rings. The molecule has 0 fully saturated rings. The van der Waals surface area contributed by atoms with Crippen molar-refractivity contribution in [3.8, 4) is 11.8 Å². The van der Waals surface area contributed by atoms with Crippen molar-refractivity contribution in [2.24, 2.45) is 0 Å². The number of aromatic nitrogens is 1. The predicted octanol–water partition coefficient (Wildman–Crippen LogP) is 4.42. The van der Waals surface area contributed by atoms with Crippen LogP contribution in [0.2, 0.25) is 5.15 Å². The van der Waals surface area contributed by atoms with Crippen LogP contribution in [-0.2, 0) is 6.42 Å². The van der Waals surface area contributed by atoms with Gasteiger partial charge in [-0.1, -0.05) is 23.7 Å². The van der Waals surface area contributed by atoms with Gasteiger partial charge in [0.2, 0.25) is 0 Å². The Hall–Kier alpha value is -2.77. The molecular formula is C19H16ClN3O. The van der Waals surface area contributed by atoms with Crippen LogP contribution in [0.25, 0.3) is 10.8 Å². The third-order valence-electron chi connectivity index (χ3n) is 3.77. The average Bonchev–Trinajstić information content (AvgIpc) is 2.61. The Balaban J connectivity index is 1.78. The Kier molecular flexibility index (Phi) is 4.83. The normalized spacial score (nSPS) is 10.4. The van der Waals surface area contributed by atoms with E-state index in [1.807, 2.05) is 42.5 Å². The topological polar surface area (TPSA) is 57.9 Å². The number of hydrogen-bond donors (Lipinski definition) is 1. The quantitative estimate of drug-likeness (QED) is 0.700. The van der Waals surface area contributed by atoms with Gasteiger partial charge < -0.3 is 10.1 Å². The zero-order chi connectivity index (χ0) is 16.9. The molecule has 4 nitrogen and oxygen atoms in total. The van der Waals surface area contributed by atoms with Crippen molar-refractivity contribution >= 4 is 28.2 Å². The monoisotopic (exact) mass is 337 g/mol. The molecule has 0 aliphatic rings. The molecule has 0 saturated heterocycles. The van der Waals surface area contributed by atoms with Crippen LogP contribution >= 0.6 is 11.6 Å². The van der Waals surface area contributed by atoms with Crippen molar-refractivity contribution in [3.63, 3.8) is 0 Å². The average molecular weight is 338 g/mol. The summed E-state index contributed by atoms with van der Waals surface area (Å²) in [5, 5.41) is 14.7. The summed E-state index contributed by atoms with van der Waals surface area (Å²) in [7, 11) is 1.64. The summed E-state index contributed by atoms with van der Waals surface area (Å²) in [6.07, 6.45) is 0.793. The number of pyridine rings is 1. The van der Waals surface area contributed by atoms with Crippen LogP contribution in [0.1, 0.15) is 11.1 Å². The van der Waals surface area contributed by atoms with E-state index in [0.717, 1.165) is 34.3 Å².